The molecule has 0 unspecified atom stereocenters. The van der Waals surface area contributed by atoms with Gasteiger partial charge in [0.25, 0.3) is 5.91 Å². The van der Waals surface area contributed by atoms with E-state index in [1.165, 1.54) is 0 Å². The standard InChI is InChI=1S/C22H29NO3/c1-6-26-21-10-9-18(12-19(21)14-25-13-15(2)3)22(24)23-20-11-16(4)7-8-17(20)5/h7-12,15H,6,13-14H2,1-5H3,(H,23,24). The van der Waals surface area contributed by atoms with Crippen LogP contribution in [0.4, 0.5) is 5.69 Å². The van der Waals surface area contributed by atoms with Crippen molar-refractivity contribution in [3.05, 3.63) is 58.7 Å². The Labute approximate surface area is 156 Å². The summed E-state index contributed by atoms with van der Waals surface area (Å²) in [6.07, 6.45) is 0. The number of rotatable bonds is 8. The molecule has 26 heavy (non-hydrogen) atoms. The third kappa shape index (κ3) is 5.60. The lowest BCUT2D eigenvalue weighted by Crippen LogP contribution is -2.14. The summed E-state index contributed by atoms with van der Waals surface area (Å²) in [4.78, 5) is 12.7. The Hall–Kier alpha value is -2.33. The summed E-state index contributed by atoms with van der Waals surface area (Å²) < 4.78 is 11.4. The summed E-state index contributed by atoms with van der Waals surface area (Å²) >= 11 is 0. The van der Waals surface area contributed by atoms with E-state index in [1.807, 2.05) is 51.1 Å². The molecule has 0 aliphatic rings. The third-order valence-corrected chi connectivity index (χ3v) is 3.97. The van der Waals surface area contributed by atoms with Crippen molar-refractivity contribution in [1.29, 1.82) is 0 Å². The Balaban J connectivity index is 2.19. The molecule has 1 N–H and O–H groups in total. The smallest absolute Gasteiger partial charge is 0.255 e. The fourth-order valence-corrected chi connectivity index (χ4v) is 2.60. The van der Waals surface area contributed by atoms with E-state index < -0.39 is 0 Å². The monoisotopic (exact) mass is 355 g/mol. The molecule has 140 valence electrons. The average molecular weight is 355 g/mol. The van der Waals surface area contributed by atoms with Gasteiger partial charge in [-0.05, 0) is 62.1 Å². The molecule has 4 nitrogen and oxygen atoms in total. The van der Waals surface area contributed by atoms with E-state index in [0.29, 0.717) is 31.3 Å². The Morgan fingerprint density at radius 3 is 2.58 bits per heavy atom. The molecule has 0 spiro atoms. The zero-order valence-electron chi connectivity index (χ0n) is 16.4. The predicted molar refractivity (Wildman–Crippen MR) is 106 cm³/mol. The zero-order valence-corrected chi connectivity index (χ0v) is 16.4. The van der Waals surface area contributed by atoms with Gasteiger partial charge >= 0.3 is 0 Å². The normalized spacial score (nSPS) is 10.8. The highest BCUT2D eigenvalue weighted by Crippen LogP contribution is 2.23. The van der Waals surface area contributed by atoms with Gasteiger partial charge in [0, 0.05) is 23.4 Å². The van der Waals surface area contributed by atoms with Crippen molar-refractivity contribution in [2.24, 2.45) is 5.92 Å². The van der Waals surface area contributed by atoms with Gasteiger partial charge in [-0.1, -0.05) is 26.0 Å². The molecular weight excluding hydrogens is 326 g/mol. The number of carbonyl (C=O) groups is 1. The van der Waals surface area contributed by atoms with Crippen molar-refractivity contribution in [2.75, 3.05) is 18.5 Å². The second kappa shape index (κ2) is 9.39. The van der Waals surface area contributed by atoms with Crippen LogP contribution in [0.3, 0.4) is 0 Å². The molecule has 0 radical (unpaired) electrons. The van der Waals surface area contributed by atoms with Crippen LogP contribution in [0.1, 0.15) is 47.8 Å². The van der Waals surface area contributed by atoms with E-state index in [1.54, 1.807) is 6.07 Å². The van der Waals surface area contributed by atoms with Crippen LogP contribution < -0.4 is 10.1 Å². The summed E-state index contributed by atoms with van der Waals surface area (Å²) in [7, 11) is 0. The number of benzene rings is 2. The van der Waals surface area contributed by atoms with Crippen LogP contribution in [0.2, 0.25) is 0 Å². The second-order valence-corrected chi connectivity index (χ2v) is 6.94. The maximum atomic E-state index is 12.7. The highest BCUT2D eigenvalue weighted by molar-refractivity contribution is 6.04. The van der Waals surface area contributed by atoms with Crippen LogP contribution in [0.15, 0.2) is 36.4 Å². The SMILES string of the molecule is CCOc1ccc(C(=O)Nc2cc(C)ccc2C)cc1COCC(C)C. The lowest BCUT2D eigenvalue weighted by atomic mass is 10.1. The Morgan fingerprint density at radius 1 is 1.12 bits per heavy atom. The first-order valence-corrected chi connectivity index (χ1v) is 9.12. The molecule has 0 saturated carbocycles. The van der Waals surface area contributed by atoms with Gasteiger partial charge in [0.15, 0.2) is 0 Å². The lowest BCUT2D eigenvalue weighted by molar-refractivity contribution is 0.0948. The van der Waals surface area contributed by atoms with Gasteiger partial charge in [0.2, 0.25) is 0 Å². The predicted octanol–water partition coefficient (Wildman–Crippen LogP) is 5.13. The molecule has 2 aromatic carbocycles. The van der Waals surface area contributed by atoms with Crippen molar-refractivity contribution in [3.63, 3.8) is 0 Å². The average Bonchev–Trinajstić information content (AvgIpc) is 2.59. The number of nitrogens with one attached hydrogen (secondary N) is 1. The third-order valence-electron chi connectivity index (χ3n) is 3.97. The first-order chi connectivity index (χ1) is 12.4. The summed E-state index contributed by atoms with van der Waals surface area (Å²) in [5, 5.41) is 3.00. The molecule has 1 amide bonds. The van der Waals surface area contributed by atoms with Gasteiger partial charge in [0.05, 0.1) is 13.2 Å². The van der Waals surface area contributed by atoms with Crippen LogP contribution in [0, 0.1) is 19.8 Å². The maximum Gasteiger partial charge on any atom is 0.255 e. The van der Waals surface area contributed by atoms with E-state index in [-0.39, 0.29) is 5.91 Å². The van der Waals surface area contributed by atoms with Crippen molar-refractivity contribution in [3.8, 4) is 5.75 Å². The Morgan fingerprint density at radius 2 is 1.88 bits per heavy atom. The molecule has 0 atom stereocenters. The van der Waals surface area contributed by atoms with Crippen molar-refractivity contribution in [1.82, 2.24) is 0 Å². The van der Waals surface area contributed by atoms with Gasteiger partial charge in [-0.25, -0.2) is 0 Å². The van der Waals surface area contributed by atoms with Gasteiger partial charge in [-0.15, -0.1) is 0 Å². The van der Waals surface area contributed by atoms with Crippen molar-refractivity contribution in [2.45, 2.75) is 41.2 Å². The molecule has 2 rings (SSSR count). The summed E-state index contributed by atoms with van der Waals surface area (Å²) in [6, 6.07) is 11.5. The van der Waals surface area contributed by atoms with E-state index in [4.69, 9.17) is 9.47 Å². The van der Waals surface area contributed by atoms with Crippen molar-refractivity contribution >= 4 is 11.6 Å². The summed E-state index contributed by atoms with van der Waals surface area (Å²) in [5.41, 5.74) is 4.47. The number of amides is 1. The van der Waals surface area contributed by atoms with E-state index >= 15 is 0 Å². The summed E-state index contributed by atoms with van der Waals surface area (Å²) in [6.45, 7) is 11.8. The number of aryl methyl sites for hydroxylation is 2. The van der Waals surface area contributed by atoms with Crippen LogP contribution >= 0.6 is 0 Å². The molecule has 0 aromatic heterocycles. The minimum absolute atomic E-state index is 0.133. The Bertz CT molecular complexity index is 753. The fourth-order valence-electron chi connectivity index (χ4n) is 2.60. The second-order valence-electron chi connectivity index (χ2n) is 6.94. The molecule has 0 saturated heterocycles. The van der Waals surface area contributed by atoms with Gasteiger partial charge < -0.3 is 14.8 Å². The van der Waals surface area contributed by atoms with Gasteiger partial charge in [-0.3, -0.25) is 4.79 Å². The van der Waals surface area contributed by atoms with Crippen LogP contribution in [-0.4, -0.2) is 19.1 Å². The lowest BCUT2D eigenvalue weighted by Gasteiger charge is -2.14. The van der Waals surface area contributed by atoms with Crippen LogP contribution in [0.25, 0.3) is 0 Å². The van der Waals surface area contributed by atoms with Gasteiger partial charge in [0.1, 0.15) is 5.75 Å². The highest BCUT2D eigenvalue weighted by atomic mass is 16.5. The van der Waals surface area contributed by atoms with E-state index in [0.717, 1.165) is 28.1 Å². The first-order valence-electron chi connectivity index (χ1n) is 9.12. The van der Waals surface area contributed by atoms with Crippen LogP contribution in [0.5, 0.6) is 5.75 Å². The Kier molecular flexibility index (Phi) is 7.22. The largest absolute Gasteiger partial charge is 0.494 e. The fraction of sp³-hybridized carbons (Fsp3) is 0.409. The van der Waals surface area contributed by atoms with E-state index in [9.17, 15) is 4.79 Å². The molecule has 0 aliphatic heterocycles. The summed E-state index contributed by atoms with van der Waals surface area (Å²) in [5.74, 6) is 1.09. The number of hydrogen-bond donors (Lipinski definition) is 1. The van der Waals surface area contributed by atoms with Crippen molar-refractivity contribution < 1.29 is 14.3 Å². The number of anilines is 1. The maximum absolute atomic E-state index is 12.7. The molecule has 4 heteroatoms. The minimum Gasteiger partial charge on any atom is -0.494 e. The molecule has 2 aromatic rings. The molecule has 0 bridgehead atoms. The zero-order chi connectivity index (χ0) is 19.1. The van der Waals surface area contributed by atoms with Gasteiger partial charge in [-0.2, -0.15) is 0 Å². The highest BCUT2D eigenvalue weighted by Gasteiger charge is 2.12. The molecule has 0 fully saturated rings. The number of hydrogen-bond acceptors (Lipinski definition) is 3. The minimum atomic E-state index is -0.133. The quantitative estimate of drug-likeness (QED) is 0.714. The first kappa shape index (κ1) is 20.0. The van der Waals surface area contributed by atoms with Crippen LogP contribution in [-0.2, 0) is 11.3 Å². The number of carbonyl (C=O) groups excluding carboxylic acids is 1. The molecule has 0 aliphatic carbocycles. The number of ether oxygens (including phenoxy) is 2. The topological polar surface area (TPSA) is 47.6 Å². The van der Waals surface area contributed by atoms with E-state index in [2.05, 4.69) is 19.2 Å². The molecular formula is C22H29NO3. The molecule has 0 heterocycles.